The predicted octanol–water partition coefficient (Wildman–Crippen LogP) is 2.39. The molecule has 0 unspecified atom stereocenters. The molecule has 0 aromatic heterocycles. The molecule has 2 aromatic carbocycles. The summed E-state index contributed by atoms with van der Waals surface area (Å²) in [6, 6.07) is 18.2. The van der Waals surface area contributed by atoms with Crippen LogP contribution in [0.4, 0.5) is 5.69 Å². The number of ether oxygens (including phenoxy) is 2. The van der Waals surface area contributed by atoms with Gasteiger partial charge in [0.15, 0.2) is 0 Å². The minimum absolute atomic E-state index is 0.363. The summed E-state index contributed by atoms with van der Waals surface area (Å²) in [5.74, 6) is 0.912. The smallest absolute Gasteiger partial charge is 0.142 e. The lowest BCUT2D eigenvalue weighted by atomic mass is 10.2. The first-order chi connectivity index (χ1) is 12.8. The van der Waals surface area contributed by atoms with E-state index in [0.29, 0.717) is 19.8 Å². The molecule has 0 aliphatic carbocycles. The number of β-amino-alcohol motifs (C(OH)–C–C–N with tert-alkyl or cyclic N) is 1. The van der Waals surface area contributed by atoms with E-state index in [1.54, 1.807) is 7.11 Å². The van der Waals surface area contributed by atoms with Crippen LogP contribution < -0.4 is 9.64 Å². The van der Waals surface area contributed by atoms with Gasteiger partial charge in [-0.05, 0) is 17.7 Å². The van der Waals surface area contributed by atoms with Crippen molar-refractivity contribution in [3.05, 3.63) is 60.2 Å². The third kappa shape index (κ3) is 5.21. The quantitative estimate of drug-likeness (QED) is 0.787. The number of aliphatic hydroxyl groups excluding tert-OH is 1. The van der Waals surface area contributed by atoms with Crippen LogP contribution in [0.2, 0.25) is 0 Å². The molecule has 26 heavy (non-hydrogen) atoms. The minimum Gasteiger partial charge on any atom is -0.495 e. The molecule has 5 nitrogen and oxygen atoms in total. The summed E-state index contributed by atoms with van der Waals surface area (Å²) in [6.07, 6.45) is -0.462. The summed E-state index contributed by atoms with van der Waals surface area (Å²) in [5, 5.41) is 10.2. The third-order valence-electron chi connectivity index (χ3n) is 4.69. The SMILES string of the molecule is COc1ccccc1N1CCN(C[C@@H](O)COCc2ccccc2)CC1. The highest BCUT2D eigenvalue weighted by Crippen LogP contribution is 2.28. The molecule has 1 aliphatic heterocycles. The van der Waals surface area contributed by atoms with E-state index in [1.807, 2.05) is 48.5 Å². The molecule has 0 radical (unpaired) electrons. The fourth-order valence-electron chi connectivity index (χ4n) is 3.30. The topological polar surface area (TPSA) is 45.2 Å². The lowest BCUT2D eigenvalue weighted by molar-refractivity contribution is 0.00913. The van der Waals surface area contributed by atoms with Gasteiger partial charge in [0, 0.05) is 32.7 Å². The highest BCUT2D eigenvalue weighted by molar-refractivity contribution is 5.58. The number of hydrogen-bond donors (Lipinski definition) is 1. The first kappa shape index (κ1) is 18.7. The fraction of sp³-hybridized carbons (Fsp3) is 0.429. The van der Waals surface area contributed by atoms with Gasteiger partial charge in [-0.1, -0.05) is 42.5 Å². The third-order valence-corrected chi connectivity index (χ3v) is 4.69. The molecule has 1 heterocycles. The second-order valence-electron chi connectivity index (χ2n) is 6.61. The molecule has 0 spiro atoms. The molecule has 3 rings (SSSR count). The van der Waals surface area contributed by atoms with Crippen LogP contribution in [0.5, 0.6) is 5.75 Å². The van der Waals surface area contributed by atoms with Crippen molar-refractivity contribution in [3.8, 4) is 5.75 Å². The average molecular weight is 356 g/mol. The molecule has 1 fully saturated rings. The van der Waals surface area contributed by atoms with Crippen molar-refractivity contribution >= 4 is 5.69 Å². The van der Waals surface area contributed by atoms with Crippen molar-refractivity contribution in [2.75, 3.05) is 51.3 Å². The van der Waals surface area contributed by atoms with Crippen LogP contribution in [0.15, 0.2) is 54.6 Å². The van der Waals surface area contributed by atoms with Gasteiger partial charge in [0.25, 0.3) is 0 Å². The number of rotatable bonds is 8. The van der Waals surface area contributed by atoms with Gasteiger partial charge in [0.2, 0.25) is 0 Å². The number of nitrogens with zero attached hydrogens (tertiary/aromatic N) is 2. The molecule has 0 amide bonds. The molecule has 1 atom stereocenters. The molecule has 1 aliphatic rings. The van der Waals surface area contributed by atoms with E-state index in [9.17, 15) is 5.11 Å². The van der Waals surface area contributed by atoms with Crippen molar-refractivity contribution in [2.45, 2.75) is 12.7 Å². The van der Waals surface area contributed by atoms with Crippen LogP contribution in [0.1, 0.15) is 5.56 Å². The van der Waals surface area contributed by atoms with Gasteiger partial charge >= 0.3 is 0 Å². The fourth-order valence-corrected chi connectivity index (χ4v) is 3.30. The highest BCUT2D eigenvalue weighted by atomic mass is 16.5. The van der Waals surface area contributed by atoms with Crippen molar-refractivity contribution in [1.82, 2.24) is 4.90 Å². The Morgan fingerprint density at radius 2 is 1.65 bits per heavy atom. The molecule has 1 N–H and O–H groups in total. The Morgan fingerprint density at radius 3 is 2.38 bits per heavy atom. The van der Waals surface area contributed by atoms with E-state index in [-0.39, 0.29) is 0 Å². The standard InChI is InChI=1S/C21H28N2O3/c1-25-21-10-6-5-9-20(21)23-13-11-22(12-14-23)15-19(24)17-26-16-18-7-3-2-4-8-18/h2-10,19,24H,11-17H2,1H3/t19-/m1/s1. The van der Waals surface area contributed by atoms with Crippen LogP contribution in [-0.2, 0) is 11.3 Å². The zero-order valence-corrected chi connectivity index (χ0v) is 15.4. The van der Waals surface area contributed by atoms with Gasteiger partial charge in [0.05, 0.1) is 32.1 Å². The predicted molar refractivity (Wildman–Crippen MR) is 104 cm³/mol. The minimum atomic E-state index is -0.462. The molecule has 140 valence electrons. The van der Waals surface area contributed by atoms with Crippen LogP contribution in [-0.4, -0.2) is 62.6 Å². The van der Waals surface area contributed by atoms with E-state index in [1.165, 1.54) is 0 Å². The molecular formula is C21H28N2O3. The number of benzene rings is 2. The van der Waals surface area contributed by atoms with Crippen molar-refractivity contribution < 1.29 is 14.6 Å². The maximum absolute atomic E-state index is 10.2. The van der Waals surface area contributed by atoms with E-state index >= 15 is 0 Å². The van der Waals surface area contributed by atoms with Gasteiger partial charge in [-0.25, -0.2) is 0 Å². The summed E-state index contributed by atoms with van der Waals surface area (Å²) < 4.78 is 11.1. The second kappa shape index (κ2) is 9.57. The van der Waals surface area contributed by atoms with Crippen LogP contribution in [0.3, 0.4) is 0 Å². The van der Waals surface area contributed by atoms with Crippen LogP contribution >= 0.6 is 0 Å². The zero-order valence-electron chi connectivity index (χ0n) is 15.4. The Kier molecular flexibility index (Phi) is 6.89. The molecular weight excluding hydrogens is 328 g/mol. The number of methoxy groups -OCH3 is 1. The summed E-state index contributed by atoms with van der Waals surface area (Å²) in [6.45, 7) is 5.26. The number of anilines is 1. The van der Waals surface area contributed by atoms with Gasteiger partial charge < -0.3 is 19.5 Å². The molecule has 0 bridgehead atoms. The maximum atomic E-state index is 10.2. The number of aliphatic hydroxyl groups is 1. The van der Waals surface area contributed by atoms with Gasteiger partial charge in [0.1, 0.15) is 5.75 Å². The van der Waals surface area contributed by atoms with Crippen molar-refractivity contribution in [1.29, 1.82) is 0 Å². The Morgan fingerprint density at radius 1 is 0.962 bits per heavy atom. The lowest BCUT2D eigenvalue weighted by Crippen LogP contribution is -2.49. The number of para-hydroxylation sites is 2. The van der Waals surface area contributed by atoms with Gasteiger partial charge in [-0.3, -0.25) is 4.90 Å². The first-order valence-electron chi connectivity index (χ1n) is 9.16. The maximum Gasteiger partial charge on any atom is 0.142 e. The summed E-state index contributed by atoms with van der Waals surface area (Å²) in [7, 11) is 1.71. The van der Waals surface area contributed by atoms with E-state index in [2.05, 4.69) is 15.9 Å². The second-order valence-corrected chi connectivity index (χ2v) is 6.61. The monoisotopic (exact) mass is 356 g/mol. The summed E-state index contributed by atoms with van der Waals surface area (Å²) in [5.41, 5.74) is 2.27. The van der Waals surface area contributed by atoms with E-state index in [4.69, 9.17) is 9.47 Å². The van der Waals surface area contributed by atoms with Crippen molar-refractivity contribution in [3.63, 3.8) is 0 Å². The molecule has 2 aromatic rings. The Bertz CT molecular complexity index is 657. The zero-order chi connectivity index (χ0) is 18.2. The summed E-state index contributed by atoms with van der Waals surface area (Å²) in [4.78, 5) is 4.63. The Hall–Kier alpha value is -2.08. The normalized spacial score (nSPS) is 16.5. The highest BCUT2D eigenvalue weighted by Gasteiger charge is 2.21. The lowest BCUT2D eigenvalue weighted by Gasteiger charge is -2.37. The summed E-state index contributed by atoms with van der Waals surface area (Å²) >= 11 is 0. The first-order valence-corrected chi connectivity index (χ1v) is 9.16. The Labute approximate surface area is 155 Å². The largest absolute Gasteiger partial charge is 0.495 e. The molecule has 1 saturated heterocycles. The van der Waals surface area contributed by atoms with Crippen molar-refractivity contribution in [2.24, 2.45) is 0 Å². The van der Waals surface area contributed by atoms with Gasteiger partial charge in [-0.15, -0.1) is 0 Å². The van der Waals surface area contributed by atoms with Crippen LogP contribution in [0.25, 0.3) is 0 Å². The van der Waals surface area contributed by atoms with Gasteiger partial charge in [-0.2, -0.15) is 0 Å². The number of hydrogen-bond acceptors (Lipinski definition) is 5. The van der Waals surface area contributed by atoms with Crippen LogP contribution in [0, 0.1) is 0 Å². The number of piperazine rings is 1. The van der Waals surface area contributed by atoms with E-state index < -0.39 is 6.10 Å². The van der Waals surface area contributed by atoms with E-state index in [0.717, 1.165) is 43.2 Å². The molecule has 0 saturated carbocycles. The molecule has 5 heteroatoms. The average Bonchev–Trinajstić information content (AvgIpc) is 2.69. The Balaban J connectivity index is 1.39.